The Labute approximate surface area is 156 Å². The van der Waals surface area contributed by atoms with E-state index in [2.05, 4.69) is 10.6 Å². The van der Waals surface area contributed by atoms with E-state index in [4.69, 9.17) is 0 Å². The molecule has 2 N–H and O–H groups in total. The lowest BCUT2D eigenvalue weighted by Crippen LogP contribution is -2.52. The number of nitrogens with one attached hydrogen (secondary N) is 2. The zero-order valence-corrected chi connectivity index (χ0v) is 15.9. The van der Waals surface area contributed by atoms with E-state index in [9.17, 15) is 26.8 Å². The van der Waals surface area contributed by atoms with E-state index >= 15 is 0 Å². The fourth-order valence-corrected chi connectivity index (χ4v) is 4.09. The summed E-state index contributed by atoms with van der Waals surface area (Å²) in [6.07, 6.45) is 0. The van der Waals surface area contributed by atoms with Crippen LogP contribution >= 0.6 is 0 Å². The van der Waals surface area contributed by atoms with Crippen molar-refractivity contribution < 1.29 is 26.8 Å². The van der Waals surface area contributed by atoms with Crippen molar-refractivity contribution in [2.45, 2.75) is 24.8 Å². The van der Waals surface area contributed by atoms with Crippen LogP contribution in [-0.4, -0.2) is 68.3 Å². The van der Waals surface area contributed by atoms with Gasteiger partial charge in [0.05, 0.1) is 6.54 Å². The summed E-state index contributed by atoms with van der Waals surface area (Å²) in [5, 5.41) is 4.72. The molecule has 8 nitrogen and oxygen atoms in total. The number of nitrogens with zero attached hydrogens (tertiary/aromatic N) is 2. The lowest BCUT2D eigenvalue weighted by Gasteiger charge is -2.33. The van der Waals surface area contributed by atoms with E-state index in [0.717, 1.165) is 16.4 Å². The van der Waals surface area contributed by atoms with Crippen LogP contribution < -0.4 is 10.6 Å². The maximum Gasteiger partial charge on any atom is 0.321 e. The molecule has 0 radical (unpaired) electrons. The highest BCUT2D eigenvalue weighted by Crippen LogP contribution is 2.21. The van der Waals surface area contributed by atoms with Crippen molar-refractivity contribution in [3.05, 3.63) is 29.8 Å². The molecule has 1 aliphatic rings. The van der Waals surface area contributed by atoms with Gasteiger partial charge in [0.25, 0.3) is 0 Å². The van der Waals surface area contributed by atoms with Gasteiger partial charge in [-0.2, -0.15) is 4.31 Å². The highest BCUT2D eigenvalue weighted by molar-refractivity contribution is 7.89. The normalized spacial score (nSPS) is 16.3. The third kappa shape index (κ3) is 5.68. The van der Waals surface area contributed by atoms with Crippen LogP contribution in [0.3, 0.4) is 0 Å². The first kappa shape index (κ1) is 21.2. The SMILES string of the molecule is CC(C)NC(=O)NC(=O)CN1CCN(S(=O)(=O)c2ccc(F)cc2F)CC1. The van der Waals surface area contributed by atoms with Gasteiger partial charge in [-0.05, 0) is 26.0 Å². The van der Waals surface area contributed by atoms with Crippen LogP contribution in [0.1, 0.15) is 13.8 Å². The molecule has 1 aromatic rings. The van der Waals surface area contributed by atoms with E-state index in [1.54, 1.807) is 18.7 Å². The summed E-state index contributed by atoms with van der Waals surface area (Å²) in [7, 11) is -4.09. The van der Waals surface area contributed by atoms with E-state index in [0.29, 0.717) is 6.07 Å². The second kappa shape index (κ2) is 8.72. The molecular weight excluding hydrogens is 382 g/mol. The van der Waals surface area contributed by atoms with Gasteiger partial charge < -0.3 is 5.32 Å². The van der Waals surface area contributed by atoms with Gasteiger partial charge in [0.1, 0.15) is 16.5 Å². The smallest absolute Gasteiger partial charge is 0.321 e. The summed E-state index contributed by atoms with van der Waals surface area (Å²) in [6.45, 7) is 4.02. The third-order valence-electron chi connectivity index (χ3n) is 3.88. The number of sulfonamides is 1. The number of halogens is 2. The predicted molar refractivity (Wildman–Crippen MR) is 93.4 cm³/mol. The number of amides is 3. The molecule has 0 unspecified atom stereocenters. The number of carbonyl (C=O) groups is 2. The van der Waals surface area contributed by atoms with Crippen molar-refractivity contribution in [2.24, 2.45) is 0 Å². The number of urea groups is 1. The lowest BCUT2D eigenvalue weighted by atomic mass is 10.3. The van der Waals surface area contributed by atoms with Crippen LogP contribution in [-0.2, 0) is 14.8 Å². The first-order chi connectivity index (χ1) is 12.6. The quantitative estimate of drug-likeness (QED) is 0.745. The Hall–Kier alpha value is -2.11. The Morgan fingerprint density at radius 1 is 1.15 bits per heavy atom. The predicted octanol–water partition coefficient (Wildman–Crippen LogP) is 0.505. The molecule has 2 rings (SSSR count). The fraction of sp³-hybridized carbons (Fsp3) is 0.500. The van der Waals surface area contributed by atoms with Gasteiger partial charge in [0, 0.05) is 38.3 Å². The standard InChI is InChI=1S/C16H22F2N4O4S/c1-11(2)19-16(24)20-15(23)10-21-5-7-22(8-6-21)27(25,26)14-4-3-12(17)9-13(14)18/h3-4,9,11H,5-8,10H2,1-2H3,(H2,19,20,23,24). The number of hydrogen-bond acceptors (Lipinski definition) is 5. The van der Waals surface area contributed by atoms with E-state index < -0.39 is 38.5 Å². The molecule has 0 bridgehead atoms. The second-order valence-corrected chi connectivity index (χ2v) is 8.34. The van der Waals surface area contributed by atoms with Gasteiger partial charge in [-0.25, -0.2) is 22.0 Å². The van der Waals surface area contributed by atoms with Crippen molar-refractivity contribution in [1.29, 1.82) is 0 Å². The first-order valence-electron chi connectivity index (χ1n) is 8.37. The molecule has 1 saturated heterocycles. The molecule has 0 aliphatic carbocycles. The van der Waals surface area contributed by atoms with Gasteiger partial charge >= 0.3 is 6.03 Å². The molecule has 1 fully saturated rings. The highest BCUT2D eigenvalue weighted by Gasteiger charge is 2.31. The third-order valence-corrected chi connectivity index (χ3v) is 5.81. The van der Waals surface area contributed by atoms with Gasteiger partial charge in [0.15, 0.2) is 0 Å². The van der Waals surface area contributed by atoms with Crippen molar-refractivity contribution in [2.75, 3.05) is 32.7 Å². The Balaban J connectivity index is 1.91. The summed E-state index contributed by atoms with van der Waals surface area (Å²) in [5.41, 5.74) is 0. The van der Waals surface area contributed by atoms with E-state index in [-0.39, 0.29) is 38.8 Å². The molecule has 11 heteroatoms. The Morgan fingerprint density at radius 3 is 2.33 bits per heavy atom. The minimum Gasteiger partial charge on any atom is -0.336 e. The van der Waals surface area contributed by atoms with Crippen molar-refractivity contribution >= 4 is 22.0 Å². The van der Waals surface area contributed by atoms with E-state index in [1.165, 1.54) is 0 Å². The zero-order valence-electron chi connectivity index (χ0n) is 15.0. The molecule has 1 heterocycles. The minimum absolute atomic E-state index is 0.0463. The summed E-state index contributed by atoms with van der Waals surface area (Å²) in [4.78, 5) is 24.4. The van der Waals surface area contributed by atoms with Crippen LogP contribution in [0.2, 0.25) is 0 Å². The van der Waals surface area contributed by atoms with E-state index in [1.807, 2.05) is 0 Å². The van der Waals surface area contributed by atoms with Crippen molar-refractivity contribution in [1.82, 2.24) is 19.8 Å². The lowest BCUT2D eigenvalue weighted by molar-refractivity contribution is -0.121. The average Bonchev–Trinajstić information content (AvgIpc) is 2.53. The second-order valence-electron chi connectivity index (χ2n) is 6.43. The monoisotopic (exact) mass is 404 g/mol. The molecule has 3 amide bonds. The minimum atomic E-state index is -4.09. The topological polar surface area (TPSA) is 98.8 Å². The molecule has 150 valence electrons. The molecule has 0 aromatic heterocycles. The Kier molecular flexibility index (Phi) is 6.84. The average molecular weight is 404 g/mol. The molecule has 1 aliphatic heterocycles. The summed E-state index contributed by atoms with van der Waals surface area (Å²) in [6, 6.07) is 1.60. The molecule has 27 heavy (non-hydrogen) atoms. The zero-order chi connectivity index (χ0) is 20.2. The van der Waals surface area contributed by atoms with Crippen LogP contribution in [0.25, 0.3) is 0 Å². The molecule has 0 spiro atoms. The number of hydrogen-bond donors (Lipinski definition) is 2. The number of piperazine rings is 1. The van der Waals surface area contributed by atoms with Crippen LogP contribution in [0.4, 0.5) is 13.6 Å². The summed E-state index contributed by atoms with van der Waals surface area (Å²) < 4.78 is 52.9. The largest absolute Gasteiger partial charge is 0.336 e. The van der Waals surface area contributed by atoms with Gasteiger partial charge in [-0.3, -0.25) is 15.0 Å². The molecule has 0 saturated carbocycles. The highest BCUT2D eigenvalue weighted by atomic mass is 32.2. The Bertz CT molecular complexity index is 809. The van der Waals surface area contributed by atoms with Crippen molar-refractivity contribution in [3.63, 3.8) is 0 Å². The van der Waals surface area contributed by atoms with Crippen LogP contribution in [0.5, 0.6) is 0 Å². The van der Waals surface area contributed by atoms with Crippen molar-refractivity contribution in [3.8, 4) is 0 Å². The number of imide groups is 1. The molecule has 1 aromatic carbocycles. The van der Waals surface area contributed by atoms with Crippen LogP contribution in [0, 0.1) is 11.6 Å². The van der Waals surface area contributed by atoms with Crippen LogP contribution in [0.15, 0.2) is 23.1 Å². The number of benzene rings is 1. The fourth-order valence-electron chi connectivity index (χ4n) is 2.62. The summed E-state index contributed by atoms with van der Waals surface area (Å²) in [5.74, 6) is -2.51. The number of carbonyl (C=O) groups excluding carboxylic acids is 2. The first-order valence-corrected chi connectivity index (χ1v) is 9.81. The molecular formula is C16H22F2N4O4S. The van der Waals surface area contributed by atoms with Gasteiger partial charge in [0.2, 0.25) is 15.9 Å². The number of rotatable bonds is 5. The maximum atomic E-state index is 13.8. The van der Waals surface area contributed by atoms with Gasteiger partial charge in [-0.15, -0.1) is 0 Å². The maximum absolute atomic E-state index is 13.8. The van der Waals surface area contributed by atoms with Gasteiger partial charge in [-0.1, -0.05) is 0 Å². The Morgan fingerprint density at radius 2 is 1.78 bits per heavy atom. The molecule has 0 atom stereocenters. The summed E-state index contributed by atoms with van der Waals surface area (Å²) >= 11 is 0.